The topological polar surface area (TPSA) is 93.8 Å². The standard InChI is InChI=1S/C16H20N6O2/c1-9-14-10(4-3-5-12(14)21(2)19-9)18-15(23)11-8-13-16(24)17-6-7-22(13)20-11/h8,10H,3-7H2,1-2H3,(H,17,24)(H,18,23). The molecule has 1 unspecified atom stereocenters. The number of rotatable bonds is 2. The summed E-state index contributed by atoms with van der Waals surface area (Å²) in [5.41, 5.74) is 4.00. The first kappa shape index (κ1) is 14.9. The highest BCUT2D eigenvalue weighted by Gasteiger charge is 2.29. The largest absolute Gasteiger partial charge is 0.349 e. The molecule has 0 radical (unpaired) electrons. The molecule has 3 heterocycles. The van der Waals surface area contributed by atoms with Gasteiger partial charge in [0.25, 0.3) is 11.8 Å². The fourth-order valence-electron chi connectivity index (χ4n) is 3.71. The Morgan fingerprint density at radius 2 is 2.25 bits per heavy atom. The summed E-state index contributed by atoms with van der Waals surface area (Å²) in [6, 6.07) is 1.51. The number of fused-ring (bicyclic) bond motifs is 2. The first-order valence-corrected chi connectivity index (χ1v) is 8.24. The summed E-state index contributed by atoms with van der Waals surface area (Å²) in [4.78, 5) is 24.4. The summed E-state index contributed by atoms with van der Waals surface area (Å²) in [5, 5.41) is 14.6. The molecule has 0 bridgehead atoms. The van der Waals surface area contributed by atoms with Gasteiger partial charge in [-0.15, -0.1) is 0 Å². The summed E-state index contributed by atoms with van der Waals surface area (Å²) < 4.78 is 3.50. The second-order valence-corrected chi connectivity index (χ2v) is 6.38. The number of carbonyl (C=O) groups is 2. The highest BCUT2D eigenvalue weighted by atomic mass is 16.2. The minimum atomic E-state index is -0.245. The van der Waals surface area contributed by atoms with Crippen molar-refractivity contribution in [3.63, 3.8) is 0 Å². The first-order valence-electron chi connectivity index (χ1n) is 8.24. The smallest absolute Gasteiger partial charge is 0.272 e. The molecule has 24 heavy (non-hydrogen) atoms. The van der Waals surface area contributed by atoms with Crippen LogP contribution in [0.2, 0.25) is 0 Å². The van der Waals surface area contributed by atoms with Crippen LogP contribution in [-0.2, 0) is 20.0 Å². The lowest BCUT2D eigenvalue weighted by Gasteiger charge is -2.24. The fraction of sp³-hybridized carbons (Fsp3) is 0.500. The van der Waals surface area contributed by atoms with Crippen molar-refractivity contribution < 1.29 is 9.59 Å². The number of aromatic nitrogens is 4. The van der Waals surface area contributed by atoms with Crippen molar-refractivity contribution in [2.45, 2.75) is 38.8 Å². The molecule has 2 aliphatic rings. The van der Waals surface area contributed by atoms with Crippen molar-refractivity contribution in [1.82, 2.24) is 30.2 Å². The molecule has 0 aromatic carbocycles. The van der Waals surface area contributed by atoms with Gasteiger partial charge in [0.15, 0.2) is 5.69 Å². The number of aryl methyl sites for hydroxylation is 2. The van der Waals surface area contributed by atoms with E-state index in [-0.39, 0.29) is 23.6 Å². The third-order valence-corrected chi connectivity index (χ3v) is 4.81. The van der Waals surface area contributed by atoms with Gasteiger partial charge in [0.2, 0.25) is 0 Å². The number of nitrogens with zero attached hydrogens (tertiary/aromatic N) is 4. The van der Waals surface area contributed by atoms with Gasteiger partial charge in [-0.25, -0.2) is 0 Å². The molecule has 8 nitrogen and oxygen atoms in total. The van der Waals surface area contributed by atoms with Crippen LogP contribution in [-0.4, -0.2) is 37.9 Å². The maximum atomic E-state index is 12.6. The van der Waals surface area contributed by atoms with Crippen molar-refractivity contribution in [3.05, 3.63) is 34.4 Å². The molecule has 126 valence electrons. The van der Waals surface area contributed by atoms with Gasteiger partial charge in [0.05, 0.1) is 18.3 Å². The van der Waals surface area contributed by atoms with E-state index in [1.165, 1.54) is 5.69 Å². The molecule has 1 atom stereocenters. The fourth-order valence-corrected chi connectivity index (χ4v) is 3.71. The minimum Gasteiger partial charge on any atom is -0.349 e. The van der Waals surface area contributed by atoms with Crippen LogP contribution in [0.5, 0.6) is 0 Å². The molecular formula is C16H20N6O2. The first-order chi connectivity index (χ1) is 11.5. The normalized spacial score (nSPS) is 19.4. The van der Waals surface area contributed by atoms with Gasteiger partial charge in [-0.05, 0) is 26.2 Å². The SMILES string of the molecule is Cc1nn(C)c2c1C(NC(=O)c1cc3n(n1)CCNC3=O)CCC2. The molecular weight excluding hydrogens is 308 g/mol. The number of hydrogen-bond donors (Lipinski definition) is 2. The van der Waals surface area contributed by atoms with Crippen LogP contribution in [0.3, 0.4) is 0 Å². The van der Waals surface area contributed by atoms with Crippen molar-refractivity contribution in [3.8, 4) is 0 Å². The summed E-state index contributed by atoms with van der Waals surface area (Å²) in [6.07, 6.45) is 2.89. The van der Waals surface area contributed by atoms with Crippen LogP contribution in [0.1, 0.15) is 56.8 Å². The van der Waals surface area contributed by atoms with Crippen LogP contribution in [0.4, 0.5) is 0 Å². The Hall–Kier alpha value is -2.64. The van der Waals surface area contributed by atoms with Crippen LogP contribution in [0, 0.1) is 6.92 Å². The van der Waals surface area contributed by atoms with Gasteiger partial charge in [-0.2, -0.15) is 10.2 Å². The molecule has 8 heteroatoms. The summed E-state index contributed by atoms with van der Waals surface area (Å²) >= 11 is 0. The Labute approximate surface area is 139 Å². The number of amides is 2. The van der Waals surface area contributed by atoms with Crippen LogP contribution < -0.4 is 10.6 Å². The highest BCUT2D eigenvalue weighted by molar-refractivity contribution is 5.98. The average molecular weight is 328 g/mol. The maximum Gasteiger partial charge on any atom is 0.272 e. The number of hydrogen-bond acceptors (Lipinski definition) is 4. The molecule has 1 aliphatic heterocycles. The predicted octanol–water partition coefficient (Wildman–Crippen LogP) is 0.476. The quantitative estimate of drug-likeness (QED) is 0.838. The van der Waals surface area contributed by atoms with E-state index in [4.69, 9.17) is 0 Å². The molecule has 0 saturated heterocycles. The van der Waals surface area contributed by atoms with Gasteiger partial charge in [0, 0.05) is 30.9 Å². The van der Waals surface area contributed by atoms with Crippen LogP contribution in [0.25, 0.3) is 0 Å². The summed E-state index contributed by atoms with van der Waals surface area (Å²) in [6.45, 7) is 3.10. The van der Waals surface area contributed by atoms with Crippen molar-refractivity contribution in [1.29, 1.82) is 0 Å². The summed E-state index contributed by atoms with van der Waals surface area (Å²) in [5.74, 6) is -0.429. The van der Waals surface area contributed by atoms with Gasteiger partial charge in [-0.3, -0.25) is 19.0 Å². The lowest BCUT2D eigenvalue weighted by atomic mass is 9.91. The Kier molecular flexibility index (Phi) is 3.40. The van der Waals surface area contributed by atoms with E-state index in [2.05, 4.69) is 20.8 Å². The van der Waals surface area contributed by atoms with Crippen LogP contribution in [0.15, 0.2) is 6.07 Å². The number of nitrogens with one attached hydrogen (secondary N) is 2. The predicted molar refractivity (Wildman–Crippen MR) is 85.7 cm³/mol. The summed E-state index contributed by atoms with van der Waals surface area (Å²) in [7, 11) is 1.94. The third kappa shape index (κ3) is 2.29. The maximum absolute atomic E-state index is 12.6. The molecule has 2 aromatic rings. The second-order valence-electron chi connectivity index (χ2n) is 6.38. The minimum absolute atomic E-state index is 0.0532. The molecule has 4 rings (SSSR count). The zero-order chi connectivity index (χ0) is 16.8. The zero-order valence-corrected chi connectivity index (χ0v) is 13.8. The van der Waals surface area contributed by atoms with E-state index in [1.54, 1.807) is 10.7 Å². The molecule has 2 N–H and O–H groups in total. The van der Waals surface area contributed by atoms with E-state index in [0.29, 0.717) is 18.8 Å². The highest BCUT2D eigenvalue weighted by Crippen LogP contribution is 2.32. The van der Waals surface area contributed by atoms with E-state index in [1.807, 2.05) is 18.7 Å². The van der Waals surface area contributed by atoms with Crippen molar-refractivity contribution in [2.75, 3.05) is 6.54 Å². The molecule has 0 saturated carbocycles. The van der Waals surface area contributed by atoms with E-state index >= 15 is 0 Å². The third-order valence-electron chi connectivity index (χ3n) is 4.81. The lowest BCUT2D eigenvalue weighted by Crippen LogP contribution is -2.35. The van der Waals surface area contributed by atoms with Crippen LogP contribution >= 0.6 is 0 Å². The molecule has 1 aliphatic carbocycles. The van der Waals surface area contributed by atoms with Crippen molar-refractivity contribution >= 4 is 11.8 Å². The zero-order valence-electron chi connectivity index (χ0n) is 13.8. The Morgan fingerprint density at radius 3 is 3.04 bits per heavy atom. The Bertz CT molecular complexity index is 834. The monoisotopic (exact) mass is 328 g/mol. The Balaban J connectivity index is 1.59. The Morgan fingerprint density at radius 1 is 1.42 bits per heavy atom. The van der Waals surface area contributed by atoms with E-state index in [9.17, 15) is 9.59 Å². The number of carbonyl (C=O) groups excluding carboxylic acids is 2. The average Bonchev–Trinajstić information content (AvgIpc) is 3.11. The van der Waals surface area contributed by atoms with Gasteiger partial charge >= 0.3 is 0 Å². The van der Waals surface area contributed by atoms with Crippen molar-refractivity contribution in [2.24, 2.45) is 7.05 Å². The molecule has 2 amide bonds. The van der Waals surface area contributed by atoms with E-state index < -0.39 is 0 Å². The molecule has 2 aromatic heterocycles. The van der Waals surface area contributed by atoms with Gasteiger partial charge in [-0.1, -0.05) is 0 Å². The molecule has 0 fully saturated rings. The van der Waals surface area contributed by atoms with Gasteiger partial charge < -0.3 is 10.6 Å². The van der Waals surface area contributed by atoms with Gasteiger partial charge in [0.1, 0.15) is 5.69 Å². The molecule has 0 spiro atoms. The van der Waals surface area contributed by atoms with E-state index in [0.717, 1.165) is 30.5 Å². The second kappa shape index (κ2) is 5.47. The lowest BCUT2D eigenvalue weighted by molar-refractivity contribution is 0.0914.